The Balaban J connectivity index is 1.63. The summed E-state index contributed by atoms with van der Waals surface area (Å²) in [5, 5.41) is 5.35. The Labute approximate surface area is 146 Å². The number of hydrogen-bond donors (Lipinski definition) is 0. The fourth-order valence-electron chi connectivity index (χ4n) is 4.48. The van der Waals surface area contributed by atoms with Crippen molar-refractivity contribution < 1.29 is 0 Å². The quantitative estimate of drug-likeness (QED) is 0.384. The molecule has 1 unspecified atom stereocenters. The van der Waals surface area contributed by atoms with Crippen molar-refractivity contribution in [2.45, 2.75) is 5.92 Å². The van der Waals surface area contributed by atoms with Gasteiger partial charge in [0.2, 0.25) is 0 Å². The zero-order valence-corrected chi connectivity index (χ0v) is 13.7. The second-order valence-electron chi connectivity index (χ2n) is 6.88. The molecule has 1 atom stereocenters. The van der Waals surface area contributed by atoms with E-state index in [0.29, 0.717) is 0 Å². The third kappa shape index (κ3) is 1.71. The van der Waals surface area contributed by atoms with E-state index in [1.165, 1.54) is 49.4 Å². The molecule has 2 aliphatic carbocycles. The Morgan fingerprint density at radius 1 is 0.680 bits per heavy atom. The monoisotopic (exact) mass is 315 g/mol. The largest absolute Gasteiger partial charge is 0.0720 e. The van der Waals surface area contributed by atoms with Crippen molar-refractivity contribution in [1.29, 1.82) is 0 Å². The zero-order valence-electron chi connectivity index (χ0n) is 13.7. The minimum atomic E-state index is 0.261. The third-order valence-corrected chi connectivity index (χ3v) is 5.55. The molecule has 0 aromatic heterocycles. The van der Waals surface area contributed by atoms with Gasteiger partial charge in [-0.05, 0) is 55.4 Å². The van der Waals surface area contributed by atoms with Crippen molar-refractivity contribution in [3.8, 4) is 0 Å². The summed E-state index contributed by atoms with van der Waals surface area (Å²) in [6.45, 7) is 0. The number of benzene rings is 4. The molecule has 4 aromatic rings. The van der Waals surface area contributed by atoms with Gasteiger partial charge >= 0.3 is 0 Å². The van der Waals surface area contributed by atoms with Gasteiger partial charge in [-0.3, -0.25) is 0 Å². The van der Waals surface area contributed by atoms with Gasteiger partial charge in [0.1, 0.15) is 0 Å². The van der Waals surface area contributed by atoms with Crippen LogP contribution >= 0.6 is 0 Å². The second kappa shape index (κ2) is 4.70. The van der Waals surface area contributed by atoms with Gasteiger partial charge in [0.25, 0.3) is 0 Å². The van der Waals surface area contributed by atoms with Crippen LogP contribution in [-0.2, 0) is 0 Å². The van der Waals surface area contributed by atoms with Crippen molar-refractivity contribution in [1.82, 2.24) is 0 Å². The van der Waals surface area contributed by atoms with Gasteiger partial charge in [-0.1, -0.05) is 84.9 Å². The first-order valence-corrected chi connectivity index (χ1v) is 8.76. The van der Waals surface area contributed by atoms with Crippen LogP contribution in [0.5, 0.6) is 0 Å². The molecule has 4 aromatic carbocycles. The van der Waals surface area contributed by atoms with Crippen LogP contribution in [0.4, 0.5) is 0 Å². The van der Waals surface area contributed by atoms with Gasteiger partial charge in [-0.25, -0.2) is 0 Å². The minimum absolute atomic E-state index is 0.261. The lowest BCUT2D eigenvalue weighted by Gasteiger charge is -2.23. The maximum atomic E-state index is 3.72. The lowest BCUT2D eigenvalue weighted by molar-refractivity contribution is 1.12. The average Bonchev–Trinajstić information content (AvgIpc) is 3.04. The zero-order chi connectivity index (χ0) is 16.4. The normalized spacial score (nSPS) is 17.3. The molecule has 0 N–H and O–H groups in total. The first-order valence-electron chi connectivity index (χ1n) is 8.76. The Morgan fingerprint density at radius 3 is 2.28 bits per heavy atom. The molecule has 115 valence electrons. The summed E-state index contributed by atoms with van der Waals surface area (Å²) in [5.74, 6) is 0.261. The van der Waals surface area contributed by atoms with Crippen LogP contribution in [0.25, 0.3) is 33.2 Å². The molecule has 25 heavy (non-hydrogen) atoms. The maximum absolute atomic E-state index is 3.72. The van der Waals surface area contributed by atoms with Gasteiger partial charge < -0.3 is 0 Å². The molecular formula is C25H15. The fraction of sp³-hybridized carbons (Fsp3) is 0.0400. The van der Waals surface area contributed by atoms with E-state index in [4.69, 9.17) is 0 Å². The van der Waals surface area contributed by atoms with E-state index in [2.05, 4.69) is 91.0 Å². The fourth-order valence-corrected chi connectivity index (χ4v) is 4.48. The third-order valence-electron chi connectivity index (χ3n) is 5.55. The molecule has 0 heteroatoms. The molecule has 0 saturated carbocycles. The Kier molecular flexibility index (Phi) is 2.48. The summed E-state index contributed by atoms with van der Waals surface area (Å²) >= 11 is 0. The highest BCUT2D eigenvalue weighted by Crippen LogP contribution is 2.46. The lowest BCUT2D eigenvalue weighted by Crippen LogP contribution is -2.03. The molecule has 2 aliphatic rings. The van der Waals surface area contributed by atoms with Crippen LogP contribution in [0.2, 0.25) is 0 Å². The summed E-state index contributed by atoms with van der Waals surface area (Å²) in [6, 6.07) is 26.3. The van der Waals surface area contributed by atoms with Gasteiger partial charge in [0.15, 0.2) is 0 Å². The average molecular weight is 315 g/mol. The Morgan fingerprint density at radius 2 is 1.40 bits per heavy atom. The summed E-state index contributed by atoms with van der Waals surface area (Å²) in [6.07, 6.45) is 8.33. The first kappa shape index (κ1) is 13.2. The first-order chi connectivity index (χ1) is 12.4. The predicted octanol–water partition coefficient (Wildman–Crippen LogP) is 6.35. The van der Waals surface area contributed by atoms with Crippen LogP contribution in [0.15, 0.2) is 78.9 Å². The molecule has 0 aliphatic heterocycles. The van der Waals surface area contributed by atoms with Gasteiger partial charge in [0, 0.05) is 5.92 Å². The van der Waals surface area contributed by atoms with E-state index < -0.39 is 0 Å². The van der Waals surface area contributed by atoms with Crippen LogP contribution in [0.3, 0.4) is 0 Å². The Hall–Kier alpha value is -3.12. The van der Waals surface area contributed by atoms with Crippen LogP contribution < -0.4 is 0 Å². The number of allylic oxidation sites excluding steroid dienone is 2. The molecule has 0 bridgehead atoms. The van der Waals surface area contributed by atoms with Crippen molar-refractivity contribution >= 4 is 33.2 Å². The van der Waals surface area contributed by atoms with Crippen LogP contribution in [0, 0.1) is 6.08 Å². The Bertz CT molecular complexity index is 1230. The van der Waals surface area contributed by atoms with E-state index in [0.717, 1.165) is 0 Å². The molecule has 0 nitrogen and oxygen atoms in total. The highest BCUT2D eigenvalue weighted by Gasteiger charge is 2.26. The smallest absolute Gasteiger partial charge is 0.0291 e. The van der Waals surface area contributed by atoms with Gasteiger partial charge in [0.05, 0.1) is 0 Å². The van der Waals surface area contributed by atoms with Crippen LogP contribution in [-0.4, -0.2) is 0 Å². The van der Waals surface area contributed by atoms with E-state index in [1.807, 2.05) is 0 Å². The molecule has 1 radical (unpaired) electrons. The molecule has 0 saturated heterocycles. The van der Waals surface area contributed by atoms with Crippen molar-refractivity contribution in [2.24, 2.45) is 0 Å². The predicted molar refractivity (Wildman–Crippen MR) is 105 cm³/mol. The van der Waals surface area contributed by atoms with Crippen molar-refractivity contribution in [3.05, 3.63) is 107 Å². The van der Waals surface area contributed by atoms with Crippen molar-refractivity contribution in [2.75, 3.05) is 0 Å². The topological polar surface area (TPSA) is 0 Å². The SMILES string of the molecule is [C]1=C(C2C=Cc3cccc4cccc2c34)c2cccc3cccc1c23. The summed E-state index contributed by atoms with van der Waals surface area (Å²) < 4.78 is 0. The highest BCUT2D eigenvalue weighted by atomic mass is 14.3. The van der Waals surface area contributed by atoms with E-state index >= 15 is 0 Å². The van der Waals surface area contributed by atoms with Crippen molar-refractivity contribution in [3.63, 3.8) is 0 Å². The number of hydrogen-bond acceptors (Lipinski definition) is 0. The highest BCUT2D eigenvalue weighted by molar-refractivity contribution is 6.05. The molecule has 0 amide bonds. The van der Waals surface area contributed by atoms with Crippen LogP contribution in [0.1, 0.15) is 28.2 Å². The summed E-state index contributed by atoms with van der Waals surface area (Å²) in [5.41, 5.74) is 6.56. The lowest BCUT2D eigenvalue weighted by atomic mass is 9.80. The summed E-state index contributed by atoms with van der Waals surface area (Å²) in [4.78, 5) is 0. The number of rotatable bonds is 1. The molecule has 0 fully saturated rings. The minimum Gasteiger partial charge on any atom is -0.0720 e. The summed E-state index contributed by atoms with van der Waals surface area (Å²) in [7, 11) is 0. The standard InChI is InChI=1S/C25H15/c1-5-16-8-3-11-21-20(14-13-18(7-1)24(16)21)23-15-19-10-2-6-17-9-4-12-22(23)25(17)19/h1-14,20H. The maximum Gasteiger partial charge on any atom is 0.0291 e. The van der Waals surface area contributed by atoms with E-state index in [9.17, 15) is 0 Å². The van der Waals surface area contributed by atoms with E-state index in [1.54, 1.807) is 0 Å². The molecule has 6 rings (SSSR count). The second-order valence-corrected chi connectivity index (χ2v) is 6.88. The van der Waals surface area contributed by atoms with Gasteiger partial charge in [-0.15, -0.1) is 0 Å². The molecular weight excluding hydrogens is 300 g/mol. The molecule has 0 spiro atoms. The van der Waals surface area contributed by atoms with Gasteiger partial charge in [-0.2, -0.15) is 0 Å². The molecule has 0 heterocycles. The van der Waals surface area contributed by atoms with E-state index in [-0.39, 0.29) is 5.92 Å².